The van der Waals surface area contributed by atoms with Gasteiger partial charge in [0.15, 0.2) is 5.60 Å². The SMILES string of the molecule is O=C(N/N=C1/CC2C=CCC12)C(O)(c1ccccc1)c1ccccc1. The molecule has 126 valence electrons. The summed E-state index contributed by atoms with van der Waals surface area (Å²) in [6.07, 6.45) is 6.26. The Morgan fingerprint density at radius 1 is 1.04 bits per heavy atom. The number of nitrogens with zero attached hydrogens (tertiary/aromatic N) is 1. The van der Waals surface area contributed by atoms with Gasteiger partial charge in [0, 0.05) is 11.6 Å². The smallest absolute Gasteiger partial charge is 0.281 e. The van der Waals surface area contributed by atoms with E-state index in [1.165, 1.54) is 0 Å². The summed E-state index contributed by atoms with van der Waals surface area (Å²) < 4.78 is 0. The number of carbonyl (C=O) groups is 1. The van der Waals surface area contributed by atoms with Crippen molar-refractivity contribution in [1.29, 1.82) is 0 Å². The van der Waals surface area contributed by atoms with Gasteiger partial charge in [0.2, 0.25) is 0 Å². The monoisotopic (exact) mass is 332 g/mol. The Morgan fingerprint density at radius 2 is 1.64 bits per heavy atom. The van der Waals surface area contributed by atoms with Crippen LogP contribution < -0.4 is 5.43 Å². The van der Waals surface area contributed by atoms with Crippen LogP contribution in [0.15, 0.2) is 77.9 Å². The second-order valence-electron chi connectivity index (χ2n) is 6.62. The molecule has 2 aromatic carbocycles. The fraction of sp³-hybridized carbons (Fsp3) is 0.238. The molecule has 1 fully saturated rings. The summed E-state index contributed by atoms with van der Waals surface area (Å²) in [7, 11) is 0. The number of aliphatic hydroxyl groups is 1. The molecule has 25 heavy (non-hydrogen) atoms. The van der Waals surface area contributed by atoms with Gasteiger partial charge in [0.05, 0.1) is 0 Å². The third-order valence-corrected chi connectivity index (χ3v) is 5.18. The predicted molar refractivity (Wildman–Crippen MR) is 96.8 cm³/mol. The molecule has 2 atom stereocenters. The normalized spacial score (nSPS) is 23.2. The molecule has 0 aromatic heterocycles. The van der Waals surface area contributed by atoms with Crippen molar-refractivity contribution in [2.24, 2.45) is 16.9 Å². The summed E-state index contributed by atoms with van der Waals surface area (Å²) in [5.74, 6) is 0.450. The number of fused-ring (bicyclic) bond motifs is 1. The molecule has 2 aliphatic rings. The van der Waals surface area contributed by atoms with Gasteiger partial charge in [-0.1, -0.05) is 72.8 Å². The molecular formula is C21H20N2O2. The minimum absolute atomic E-state index is 0.418. The number of hydrogen-bond acceptors (Lipinski definition) is 3. The molecule has 2 aliphatic carbocycles. The van der Waals surface area contributed by atoms with Crippen LogP contribution in [0.1, 0.15) is 24.0 Å². The molecule has 4 nitrogen and oxygen atoms in total. The maximum absolute atomic E-state index is 12.9. The van der Waals surface area contributed by atoms with Crippen molar-refractivity contribution in [2.75, 3.05) is 0 Å². The molecule has 0 aliphatic heterocycles. The van der Waals surface area contributed by atoms with Gasteiger partial charge < -0.3 is 5.11 Å². The Hall–Kier alpha value is -2.72. The van der Waals surface area contributed by atoms with E-state index < -0.39 is 11.5 Å². The Kier molecular flexibility index (Phi) is 3.98. The third kappa shape index (κ3) is 2.68. The molecule has 1 saturated carbocycles. The molecule has 2 N–H and O–H groups in total. The van der Waals surface area contributed by atoms with Crippen LogP contribution in [0.4, 0.5) is 0 Å². The zero-order valence-corrected chi connectivity index (χ0v) is 13.8. The van der Waals surface area contributed by atoms with Gasteiger partial charge in [-0.3, -0.25) is 4.79 Å². The number of carbonyl (C=O) groups excluding carboxylic acids is 1. The molecule has 0 saturated heterocycles. The van der Waals surface area contributed by atoms with E-state index in [2.05, 4.69) is 22.7 Å². The summed E-state index contributed by atoms with van der Waals surface area (Å²) in [6.45, 7) is 0. The number of benzene rings is 2. The minimum Gasteiger partial charge on any atom is -0.372 e. The topological polar surface area (TPSA) is 61.7 Å². The average Bonchev–Trinajstić information content (AvgIpc) is 3.03. The lowest BCUT2D eigenvalue weighted by Crippen LogP contribution is -2.45. The molecule has 4 rings (SSSR count). The summed E-state index contributed by atoms with van der Waals surface area (Å²) in [6, 6.07) is 17.9. The number of amides is 1. The standard InChI is InChI=1S/C21H20N2O2/c24-20(23-22-19-14-15-8-7-13-18(15)19)21(25,16-9-3-1-4-10-16)17-11-5-2-6-12-17/h1-12,15,18,25H,13-14H2,(H,23,24)/b22-19-. The van der Waals surface area contributed by atoms with E-state index >= 15 is 0 Å². The number of nitrogens with one attached hydrogen (secondary N) is 1. The van der Waals surface area contributed by atoms with Crippen LogP contribution in [0, 0.1) is 11.8 Å². The lowest BCUT2D eigenvalue weighted by Gasteiger charge is -2.32. The number of rotatable bonds is 4. The fourth-order valence-electron chi connectivity index (χ4n) is 3.65. The Labute approximate surface area is 146 Å². The van der Waals surface area contributed by atoms with Gasteiger partial charge in [-0.15, -0.1) is 0 Å². The van der Waals surface area contributed by atoms with Gasteiger partial charge in [0.25, 0.3) is 5.91 Å². The first-order valence-corrected chi connectivity index (χ1v) is 8.56. The highest BCUT2D eigenvalue weighted by Gasteiger charge is 2.41. The molecule has 1 amide bonds. The molecule has 4 heteroatoms. The van der Waals surface area contributed by atoms with Gasteiger partial charge in [-0.2, -0.15) is 5.10 Å². The first kappa shape index (κ1) is 15.8. The summed E-state index contributed by atoms with van der Waals surface area (Å²) in [5.41, 5.74) is 2.88. The molecule has 0 spiro atoms. The van der Waals surface area contributed by atoms with E-state index in [0.717, 1.165) is 18.6 Å². The first-order valence-electron chi connectivity index (χ1n) is 8.56. The van der Waals surface area contributed by atoms with Crippen LogP contribution in [0.3, 0.4) is 0 Å². The second-order valence-corrected chi connectivity index (χ2v) is 6.62. The maximum Gasteiger partial charge on any atom is 0.281 e. The summed E-state index contributed by atoms with van der Waals surface area (Å²) in [4.78, 5) is 12.9. The van der Waals surface area contributed by atoms with Crippen molar-refractivity contribution in [3.63, 3.8) is 0 Å². The van der Waals surface area contributed by atoms with Crippen LogP contribution in [-0.4, -0.2) is 16.7 Å². The highest BCUT2D eigenvalue weighted by atomic mass is 16.3. The zero-order valence-electron chi connectivity index (χ0n) is 13.8. The third-order valence-electron chi connectivity index (χ3n) is 5.18. The van der Waals surface area contributed by atoms with Crippen LogP contribution in [0.2, 0.25) is 0 Å². The van der Waals surface area contributed by atoms with E-state index in [0.29, 0.717) is 23.0 Å². The number of hydrazone groups is 1. The molecular weight excluding hydrogens is 312 g/mol. The van der Waals surface area contributed by atoms with Crippen LogP contribution >= 0.6 is 0 Å². The molecule has 2 aromatic rings. The number of allylic oxidation sites excluding steroid dienone is 2. The Bertz CT molecular complexity index is 788. The van der Waals surface area contributed by atoms with E-state index in [-0.39, 0.29) is 0 Å². The lowest BCUT2D eigenvalue weighted by molar-refractivity contribution is -0.136. The van der Waals surface area contributed by atoms with Crippen molar-refractivity contribution in [3.8, 4) is 0 Å². The van der Waals surface area contributed by atoms with Crippen LogP contribution in [-0.2, 0) is 10.4 Å². The van der Waals surface area contributed by atoms with Gasteiger partial charge in [-0.25, -0.2) is 5.43 Å². The predicted octanol–water partition coefficient (Wildman–Crippen LogP) is 2.99. The maximum atomic E-state index is 12.9. The highest BCUT2D eigenvalue weighted by Crippen LogP contribution is 2.40. The van der Waals surface area contributed by atoms with Crippen molar-refractivity contribution in [1.82, 2.24) is 5.43 Å². The van der Waals surface area contributed by atoms with Crippen molar-refractivity contribution in [3.05, 3.63) is 83.9 Å². The van der Waals surface area contributed by atoms with Crippen LogP contribution in [0.5, 0.6) is 0 Å². The van der Waals surface area contributed by atoms with E-state index in [1.54, 1.807) is 24.3 Å². The molecule has 0 heterocycles. The average molecular weight is 332 g/mol. The largest absolute Gasteiger partial charge is 0.372 e. The lowest BCUT2D eigenvalue weighted by atomic mass is 9.74. The minimum atomic E-state index is -1.77. The zero-order chi connectivity index (χ0) is 17.3. The van der Waals surface area contributed by atoms with Crippen molar-refractivity contribution < 1.29 is 9.90 Å². The Balaban J connectivity index is 1.62. The fourth-order valence-corrected chi connectivity index (χ4v) is 3.65. The summed E-state index contributed by atoms with van der Waals surface area (Å²) in [5, 5.41) is 15.6. The van der Waals surface area contributed by atoms with Gasteiger partial charge in [-0.05, 0) is 29.9 Å². The van der Waals surface area contributed by atoms with Crippen molar-refractivity contribution in [2.45, 2.75) is 18.4 Å². The molecule has 0 bridgehead atoms. The van der Waals surface area contributed by atoms with E-state index in [4.69, 9.17) is 0 Å². The van der Waals surface area contributed by atoms with Crippen molar-refractivity contribution >= 4 is 11.6 Å². The number of hydrogen-bond donors (Lipinski definition) is 2. The van der Waals surface area contributed by atoms with Gasteiger partial charge in [0.1, 0.15) is 0 Å². The first-order chi connectivity index (χ1) is 12.2. The second kappa shape index (κ2) is 6.30. The molecule has 2 unspecified atom stereocenters. The Morgan fingerprint density at radius 3 is 2.20 bits per heavy atom. The molecule has 0 radical (unpaired) electrons. The van der Waals surface area contributed by atoms with Crippen LogP contribution in [0.25, 0.3) is 0 Å². The quantitative estimate of drug-likeness (QED) is 0.668. The van der Waals surface area contributed by atoms with Gasteiger partial charge >= 0.3 is 0 Å². The van der Waals surface area contributed by atoms with E-state index in [1.807, 2.05) is 36.4 Å². The summed E-state index contributed by atoms with van der Waals surface area (Å²) >= 11 is 0. The highest BCUT2D eigenvalue weighted by molar-refractivity contribution is 5.96. The van der Waals surface area contributed by atoms with E-state index in [9.17, 15) is 9.90 Å².